The lowest BCUT2D eigenvalue weighted by Crippen LogP contribution is -2.46. The van der Waals surface area contributed by atoms with Crippen molar-refractivity contribution in [2.24, 2.45) is 11.7 Å². The van der Waals surface area contributed by atoms with Crippen molar-refractivity contribution in [2.75, 3.05) is 18.4 Å². The van der Waals surface area contributed by atoms with Crippen LogP contribution in [0.3, 0.4) is 0 Å². The van der Waals surface area contributed by atoms with Gasteiger partial charge in [-0.15, -0.1) is 0 Å². The Hall–Kier alpha value is -2.37. The first-order valence-corrected chi connectivity index (χ1v) is 7.35. The summed E-state index contributed by atoms with van der Waals surface area (Å²) in [6.07, 6.45) is 1.02. The van der Waals surface area contributed by atoms with Gasteiger partial charge in [0.2, 0.25) is 5.91 Å². The highest BCUT2D eigenvalue weighted by Gasteiger charge is 2.29. The van der Waals surface area contributed by atoms with Gasteiger partial charge in [0, 0.05) is 24.7 Å². The van der Waals surface area contributed by atoms with Gasteiger partial charge in [0.15, 0.2) is 0 Å². The molecule has 1 saturated heterocycles. The van der Waals surface area contributed by atoms with E-state index in [1.807, 2.05) is 32.0 Å². The van der Waals surface area contributed by atoms with Crippen molar-refractivity contribution in [2.45, 2.75) is 26.7 Å². The van der Waals surface area contributed by atoms with Crippen LogP contribution >= 0.6 is 0 Å². The minimum atomic E-state index is -0.647. The topological polar surface area (TPSA) is 92.5 Å². The lowest BCUT2D eigenvalue weighted by molar-refractivity contribution is -0.144. The summed E-state index contributed by atoms with van der Waals surface area (Å²) >= 11 is 0. The van der Waals surface area contributed by atoms with Crippen molar-refractivity contribution >= 4 is 23.4 Å². The molecular weight excluding hydrogens is 282 g/mol. The van der Waals surface area contributed by atoms with E-state index in [4.69, 9.17) is 5.73 Å². The quantitative estimate of drug-likeness (QED) is 0.797. The van der Waals surface area contributed by atoms with E-state index in [9.17, 15) is 14.4 Å². The SMILES string of the molecule is Cc1ccc(C)c(NC(=O)C(=O)N2CCC(C(N)=O)CC2)c1. The number of anilines is 1. The van der Waals surface area contributed by atoms with Crippen LogP contribution in [-0.2, 0) is 14.4 Å². The fourth-order valence-corrected chi connectivity index (χ4v) is 2.56. The maximum atomic E-state index is 12.2. The van der Waals surface area contributed by atoms with Gasteiger partial charge >= 0.3 is 11.8 Å². The zero-order valence-corrected chi connectivity index (χ0v) is 12.9. The fourth-order valence-electron chi connectivity index (χ4n) is 2.56. The van der Waals surface area contributed by atoms with E-state index in [0.717, 1.165) is 11.1 Å². The highest BCUT2D eigenvalue weighted by atomic mass is 16.2. The van der Waals surface area contributed by atoms with Crippen LogP contribution in [-0.4, -0.2) is 35.7 Å². The summed E-state index contributed by atoms with van der Waals surface area (Å²) in [5, 5.41) is 2.66. The number of hydrogen-bond acceptors (Lipinski definition) is 3. The second-order valence-electron chi connectivity index (χ2n) is 5.74. The molecule has 0 radical (unpaired) electrons. The van der Waals surface area contributed by atoms with Crippen molar-refractivity contribution in [1.82, 2.24) is 4.90 Å². The molecular formula is C16H21N3O3. The predicted octanol–water partition coefficient (Wildman–Crippen LogP) is 0.966. The van der Waals surface area contributed by atoms with E-state index < -0.39 is 11.8 Å². The van der Waals surface area contributed by atoms with Gasteiger partial charge in [-0.05, 0) is 43.9 Å². The molecule has 0 spiro atoms. The van der Waals surface area contributed by atoms with E-state index in [1.54, 1.807) is 0 Å². The summed E-state index contributed by atoms with van der Waals surface area (Å²) < 4.78 is 0. The summed E-state index contributed by atoms with van der Waals surface area (Å²) in [4.78, 5) is 36.9. The van der Waals surface area contributed by atoms with E-state index in [-0.39, 0.29) is 11.8 Å². The number of nitrogens with zero attached hydrogens (tertiary/aromatic N) is 1. The number of aryl methyl sites for hydroxylation is 2. The molecule has 0 unspecified atom stereocenters. The normalized spacial score (nSPS) is 15.5. The standard InChI is InChI=1S/C16H21N3O3/c1-10-3-4-11(2)13(9-10)18-15(21)16(22)19-7-5-12(6-8-19)14(17)20/h3-4,9,12H,5-8H2,1-2H3,(H2,17,20)(H,18,21). The van der Waals surface area contributed by atoms with Gasteiger partial charge in [-0.25, -0.2) is 0 Å². The molecule has 1 aromatic carbocycles. The van der Waals surface area contributed by atoms with Gasteiger partial charge < -0.3 is 16.0 Å². The third-order valence-electron chi connectivity index (χ3n) is 4.02. The first-order chi connectivity index (χ1) is 10.4. The molecule has 0 aromatic heterocycles. The van der Waals surface area contributed by atoms with Gasteiger partial charge in [0.05, 0.1) is 0 Å². The molecule has 0 aliphatic carbocycles. The Bertz CT molecular complexity index is 605. The lowest BCUT2D eigenvalue weighted by Gasteiger charge is -2.30. The number of hydrogen-bond donors (Lipinski definition) is 2. The summed E-state index contributed by atoms with van der Waals surface area (Å²) in [6, 6.07) is 5.68. The Morgan fingerprint density at radius 2 is 1.82 bits per heavy atom. The van der Waals surface area contributed by atoms with Crippen LogP contribution in [0.1, 0.15) is 24.0 Å². The van der Waals surface area contributed by atoms with Gasteiger partial charge in [-0.1, -0.05) is 12.1 Å². The van der Waals surface area contributed by atoms with Crippen LogP contribution in [0.25, 0.3) is 0 Å². The molecule has 0 bridgehead atoms. The average molecular weight is 303 g/mol. The largest absolute Gasteiger partial charge is 0.369 e. The van der Waals surface area contributed by atoms with Crippen LogP contribution in [0.2, 0.25) is 0 Å². The summed E-state index contributed by atoms with van der Waals surface area (Å²) in [7, 11) is 0. The smallest absolute Gasteiger partial charge is 0.313 e. The molecule has 3 N–H and O–H groups in total. The van der Waals surface area contributed by atoms with E-state index >= 15 is 0 Å². The fraction of sp³-hybridized carbons (Fsp3) is 0.438. The average Bonchev–Trinajstić information content (AvgIpc) is 2.50. The van der Waals surface area contributed by atoms with Gasteiger partial charge in [-0.3, -0.25) is 14.4 Å². The number of carbonyl (C=O) groups is 3. The van der Waals surface area contributed by atoms with Crippen molar-refractivity contribution in [3.8, 4) is 0 Å². The van der Waals surface area contributed by atoms with Crippen LogP contribution < -0.4 is 11.1 Å². The molecule has 0 saturated carbocycles. The number of primary amides is 1. The van der Waals surface area contributed by atoms with Crippen molar-refractivity contribution in [3.63, 3.8) is 0 Å². The van der Waals surface area contributed by atoms with Crippen LogP contribution in [0.5, 0.6) is 0 Å². The maximum absolute atomic E-state index is 12.2. The van der Waals surface area contributed by atoms with E-state index in [0.29, 0.717) is 31.6 Å². The summed E-state index contributed by atoms with van der Waals surface area (Å²) in [6.45, 7) is 4.56. The number of carbonyl (C=O) groups excluding carboxylic acids is 3. The molecule has 1 heterocycles. The molecule has 1 fully saturated rings. The molecule has 6 heteroatoms. The van der Waals surface area contributed by atoms with Gasteiger partial charge in [-0.2, -0.15) is 0 Å². The number of piperidine rings is 1. The van der Waals surface area contributed by atoms with Crippen LogP contribution in [0.15, 0.2) is 18.2 Å². The first kappa shape index (κ1) is 16.0. The molecule has 6 nitrogen and oxygen atoms in total. The number of rotatable bonds is 2. The second-order valence-corrected chi connectivity index (χ2v) is 5.74. The third kappa shape index (κ3) is 3.63. The molecule has 3 amide bonds. The van der Waals surface area contributed by atoms with Crippen molar-refractivity contribution < 1.29 is 14.4 Å². The van der Waals surface area contributed by atoms with Gasteiger partial charge in [0.25, 0.3) is 0 Å². The Balaban J connectivity index is 1.97. The Kier molecular flexibility index (Phi) is 4.80. The highest BCUT2D eigenvalue weighted by Crippen LogP contribution is 2.19. The van der Waals surface area contributed by atoms with Gasteiger partial charge in [0.1, 0.15) is 0 Å². The molecule has 1 aliphatic rings. The Morgan fingerprint density at radius 1 is 1.18 bits per heavy atom. The highest BCUT2D eigenvalue weighted by molar-refractivity contribution is 6.39. The minimum absolute atomic E-state index is 0.203. The predicted molar refractivity (Wildman–Crippen MR) is 83.0 cm³/mol. The molecule has 0 atom stereocenters. The number of likely N-dealkylation sites (tertiary alicyclic amines) is 1. The second kappa shape index (κ2) is 6.60. The molecule has 1 aromatic rings. The Morgan fingerprint density at radius 3 is 2.41 bits per heavy atom. The third-order valence-corrected chi connectivity index (χ3v) is 4.02. The number of benzene rings is 1. The van der Waals surface area contributed by atoms with Crippen LogP contribution in [0.4, 0.5) is 5.69 Å². The zero-order valence-electron chi connectivity index (χ0n) is 12.9. The minimum Gasteiger partial charge on any atom is -0.369 e. The summed E-state index contributed by atoms with van der Waals surface area (Å²) in [5.74, 6) is -1.76. The van der Waals surface area contributed by atoms with E-state index in [1.165, 1.54) is 4.90 Å². The van der Waals surface area contributed by atoms with E-state index in [2.05, 4.69) is 5.32 Å². The molecule has 22 heavy (non-hydrogen) atoms. The zero-order chi connectivity index (χ0) is 16.3. The number of amides is 3. The maximum Gasteiger partial charge on any atom is 0.313 e. The lowest BCUT2D eigenvalue weighted by atomic mass is 9.96. The first-order valence-electron chi connectivity index (χ1n) is 7.35. The number of nitrogens with two attached hydrogens (primary N) is 1. The Labute approximate surface area is 129 Å². The molecule has 1 aliphatic heterocycles. The van der Waals surface area contributed by atoms with Crippen LogP contribution in [0, 0.1) is 19.8 Å². The molecule has 2 rings (SSSR count). The van der Waals surface area contributed by atoms with Crippen molar-refractivity contribution in [1.29, 1.82) is 0 Å². The number of nitrogens with one attached hydrogen (secondary N) is 1. The monoisotopic (exact) mass is 303 g/mol. The summed E-state index contributed by atoms with van der Waals surface area (Å²) in [5.41, 5.74) is 7.82. The molecule has 118 valence electrons. The van der Waals surface area contributed by atoms with Crippen molar-refractivity contribution in [3.05, 3.63) is 29.3 Å².